The van der Waals surface area contributed by atoms with Crippen molar-refractivity contribution in [2.24, 2.45) is 0 Å². The molecule has 1 N–H and O–H groups in total. The van der Waals surface area contributed by atoms with Gasteiger partial charge >= 0.3 is 0 Å². The molecule has 0 aromatic heterocycles. The molecule has 104 valence electrons. The van der Waals surface area contributed by atoms with Gasteiger partial charge in [-0.05, 0) is 26.0 Å². The lowest BCUT2D eigenvalue weighted by Crippen LogP contribution is -2.49. The summed E-state index contributed by atoms with van der Waals surface area (Å²) in [6.07, 6.45) is 0. The van der Waals surface area contributed by atoms with E-state index in [4.69, 9.17) is 9.47 Å². The van der Waals surface area contributed by atoms with Gasteiger partial charge in [-0.1, -0.05) is 28.9 Å². The van der Waals surface area contributed by atoms with Crippen LogP contribution in [0.25, 0.3) is 0 Å². The molecule has 0 fully saturated rings. The van der Waals surface area contributed by atoms with Crippen molar-refractivity contribution in [3.63, 3.8) is 0 Å². The third-order valence-electron chi connectivity index (χ3n) is 3.24. The van der Waals surface area contributed by atoms with Crippen LogP contribution in [0.15, 0.2) is 18.2 Å². The second-order valence-corrected chi connectivity index (χ2v) is 6.50. The summed E-state index contributed by atoms with van der Waals surface area (Å²) in [5, 5.41) is 3.00. The highest BCUT2D eigenvalue weighted by Gasteiger charge is 2.28. The molecule has 0 aliphatic carbocycles. The molecule has 1 unspecified atom stereocenters. The Hall–Kier alpha value is -1.23. The van der Waals surface area contributed by atoms with E-state index >= 15 is 0 Å². The molecule has 1 aliphatic rings. The molecule has 1 aromatic carbocycles. The summed E-state index contributed by atoms with van der Waals surface area (Å²) in [6, 6.07) is 5.36. The monoisotopic (exact) mass is 327 g/mol. The molecule has 1 aliphatic heterocycles. The Morgan fingerprint density at radius 1 is 1.37 bits per heavy atom. The average molecular weight is 328 g/mol. The van der Waals surface area contributed by atoms with E-state index in [0.29, 0.717) is 30.3 Å². The number of amides is 1. The van der Waals surface area contributed by atoms with E-state index in [1.54, 1.807) is 12.1 Å². The first-order valence-corrected chi connectivity index (χ1v) is 7.18. The number of para-hydroxylation sites is 1. The topological polar surface area (TPSA) is 47.6 Å². The lowest BCUT2D eigenvalue weighted by atomic mass is 10.0. The molecular formula is C14H18BrNO3. The Morgan fingerprint density at radius 2 is 2.05 bits per heavy atom. The van der Waals surface area contributed by atoms with Crippen LogP contribution in [0.5, 0.6) is 11.5 Å². The van der Waals surface area contributed by atoms with Crippen molar-refractivity contribution in [2.75, 3.05) is 13.2 Å². The number of carbonyl (C=O) groups excluding carboxylic acids is 1. The minimum atomic E-state index is -0.352. The summed E-state index contributed by atoms with van der Waals surface area (Å²) in [5.41, 5.74) is 0.161. The molecule has 1 heterocycles. The number of halogens is 1. The van der Waals surface area contributed by atoms with Crippen molar-refractivity contribution in [1.82, 2.24) is 5.32 Å². The number of ether oxygens (including phenoxy) is 2. The number of hydrogen-bond donors (Lipinski definition) is 1. The van der Waals surface area contributed by atoms with Gasteiger partial charge in [-0.25, -0.2) is 0 Å². The highest BCUT2D eigenvalue weighted by atomic mass is 79.9. The van der Waals surface area contributed by atoms with Crippen LogP contribution in [0.1, 0.15) is 31.1 Å². The predicted octanol–water partition coefficient (Wildman–Crippen LogP) is 2.75. The van der Waals surface area contributed by atoms with Crippen molar-refractivity contribution >= 4 is 21.8 Å². The normalized spacial score (nSPS) is 15.8. The zero-order valence-corrected chi connectivity index (χ0v) is 12.9. The predicted molar refractivity (Wildman–Crippen MR) is 77.4 cm³/mol. The van der Waals surface area contributed by atoms with Crippen molar-refractivity contribution in [3.05, 3.63) is 23.8 Å². The van der Waals surface area contributed by atoms with Gasteiger partial charge in [0.1, 0.15) is 13.2 Å². The maximum absolute atomic E-state index is 12.4. The Morgan fingerprint density at radius 3 is 2.74 bits per heavy atom. The molecule has 0 saturated heterocycles. The maximum Gasteiger partial charge on any atom is 0.255 e. The third-order valence-corrected chi connectivity index (χ3v) is 4.39. The minimum absolute atomic E-state index is 0.153. The molecule has 0 spiro atoms. The number of alkyl halides is 1. The number of carbonyl (C=O) groups is 1. The van der Waals surface area contributed by atoms with E-state index in [9.17, 15) is 4.79 Å². The van der Waals surface area contributed by atoms with Crippen molar-refractivity contribution in [3.8, 4) is 11.5 Å². The second-order valence-electron chi connectivity index (χ2n) is 5.12. The molecule has 0 saturated carbocycles. The van der Waals surface area contributed by atoms with E-state index in [-0.39, 0.29) is 16.3 Å². The molecule has 4 nitrogen and oxygen atoms in total. The van der Waals surface area contributed by atoms with E-state index in [0.717, 1.165) is 0 Å². The van der Waals surface area contributed by atoms with E-state index in [2.05, 4.69) is 21.2 Å². The van der Waals surface area contributed by atoms with Gasteiger partial charge in [-0.2, -0.15) is 0 Å². The van der Waals surface area contributed by atoms with Crippen LogP contribution in [-0.2, 0) is 0 Å². The summed E-state index contributed by atoms with van der Waals surface area (Å²) in [5.74, 6) is 1.01. The molecular weight excluding hydrogens is 310 g/mol. The number of benzene rings is 1. The molecule has 0 radical (unpaired) electrons. The van der Waals surface area contributed by atoms with Gasteiger partial charge in [-0.3, -0.25) is 4.79 Å². The summed E-state index contributed by atoms with van der Waals surface area (Å²) in [6.45, 7) is 6.92. The van der Waals surface area contributed by atoms with Crippen molar-refractivity contribution in [1.29, 1.82) is 0 Å². The fraction of sp³-hybridized carbons (Fsp3) is 0.500. The molecule has 1 atom stereocenters. The molecule has 1 amide bonds. The Balaban J connectivity index is 2.25. The van der Waals surface area contributed by atoms with Crippen LogP contribution < -0.4 is 14.8 Å². The zero-order chi connectivity index (χ0) is 14.0. The standard InChI is InChI=1S/C14H18BrNO3/c1-9(15)14(2,3)16-13(17)10-5-4-6-11-12(10)19-8-7-18-11/h4-6,9H,7-8H2,1-3H3,(H,16,17). The van der Waals surface area contributed by atoms with Gasteiger partial charge in [0.2, 0.25) is 0 Å². The summed E-state index contributed by atoms with van der Waals surface area (Å²) in [4.78, 5) is 12.5. The summed E-state index contributed by atoms with van der Waals surface area (Å²) < 4.78 is 11.0. The Kier molecular flexibility index (Phi) is 4.04. The van der Waals surface area contributed by atoms with Crippen LogP contribution in [0.4, 0.5) is 0 Å². The number of hydrogen-bond acceptors (Lipinski definition) is 3. The maximum atomic E-state index is 12.4. The van der Waals surface area contributed by atoms with Crippen LogP contribution in [0.3, 0.4) is 0 Å². The van der Waals surface area contributed by atoms with Gasteiger partial charge in [-0.15, -0.1) is 0 Å². The Labute approximate surface area is 121 Å². The van der Waals surface area contributed by atoms with Gasteiger partial charge < -0.3 is 14.8 Å². The second kappa shape index (κ2) is 5.41. The van der Waals surface area contributed by atoms with E-state index < -0.39 is 0 Å². The SMILES string of the molecule is CC(Br)C(C)(C)NC(=O)c1cccc2c1OCCO2. The van der Waals surface area contributed by atoms with Crippen molar-refractivity contribution in [2.45, 2.75) is 31.1 Å². The summed E-state index contributed by atoms with van der Waals surface area (Å²) >= 11 is 3.50. The quantitative estimate of drug-likeness (QED) is 0.868. The van der Waals surface area contributed by atoms with Crippen LogP contribution in [0, 0.1) is 0 Å². The lowest BCUT2D eigenvalue weighted by molar-refractivity contribution is 0.0903. The van der Waals surface area contributed by atoms with Gasteiger partial charge in [0, 0.05) is 10.4 Å². The molecule has 0 bridgehead atoms. The van der Waals surface area contributed by atoms with E-state index in [1.165, 1.54) is 0 Å². The van der Waals surface area contributed by atoms with Gasteiger partial charge in [0.05, 0.1) is 5.56 Å². The molecule has 2 rings (SSSR count). The fourth-order valence-electron chi connectivity index (χ4n) is 1.71. The van der Waals surface area contributed by atoms with Gasteiger partial charge in [0.25, 0.3) is 5.91 Å². The minimum Gasteiger partial charge on any atom is -0.486 e. The highest BCUT2D eigenvalue weighted by molar-refractivity contribution is 9.09. The third kappa shape index (κ3) is 3.03. The van der Waals surface area contributed by atoms with Crippen LogP contribution in [-0.4, -0.2) is 29.5 Å². The molecule has 1 aromatic rings. The number of fused-ring (bicyclic) bond motifs is 1. The molecule has 19 heavy (non-hydrogen) atoms. The Bertz CT molecular complexity index is 486. The fourth-order valence-corrected chi connectivity index (χ4v) is 1.83. The van der Waals surface area contributed by atoms with Gasteiger partial charge in [0.15, 0.2) is 11.5 Å². The largest absolute Gasteiger partial charge is 0.486 e. The summed E-state index contributed by atoms with van der Waals surface area (Å²) in [7, 11) is 0. The first-order valence-electron chi connectivity index (χ1n) is 6.27. The first-order chi connectivity index (χ1) is 8.92. The van der Waals surface area contributed by atoms with Crippen LogP contribution >= 0.6 is 15.9 Å². The van der Waals surface area contributed by atoms with Crippen molar-refractivity contribution < 1.29 is 14.3 Å². The first kappa shape index (κ1) is 14.2. The lowest BCUT2D eigenvalue weighted by Gasteiger charge is -2.30. The number of nitrogens with one attached hydrogen (secondary N) is 1. The zero-order valence-electron chi connectivity index (χ0n) is 11.3. The number of rotatable bonds is 3. The highest BCUT2D eigenvalue weighted by Crippen LogP contribution is 2.33. The average Bonchev–Trinajstić information content (AvgIpc) is 2.37. The smallest absolute Gasteiger partial charge is 0.255 e. The van der Waals surface area contributed by atoms with E-state index in [1.807, 2.05) is 26.8 Å². The van der Waals surface area contributed by atoms with Crippen LogP contribution in [0.2, 0.25) is 0 Å². The molecule has 5 heteroatoms.